The summed E-state index contributed by atoms with van der Waals surface area (Å²) in [5.41, 5.74) is 7.06. The molecular weight excluding hydrogens is 761 g/mol. The van der Waals surface area contributed by atoms with Gasteiger partial charge >= 0.3 is 0 Å². The highest BCUT2D eigenvalue weighted by atomic mass is 32.1. The summed E-state index contributed by atoms with van der Waals surface area (Å²) in [6.07, 6.45) is 16.3. The molecule has 1 saturated heterocycles. The van der Waals surface area contributed by atoms with E-state index in [1.807, 2.05) is 20.8 Å². The van der Waals surface area contributed by atoms with Crippen LogP contribution in [0.15, 0.2) is 48.5 Å². The minimum atomic E-state index is -0.463. The maximum Gasteiger partial charge on any atom is 0.217 e. The molecule has 6 nitrogen and oxygen atoms in total. The molecule has 0 unspecified atom stereocenters. The second-order valence-corrected chi connectivity index (χ2v) is 19.2. The third-order valence-electron chi connectivity index (χ3n) is 12.1. The fourth-order valence-corrected chi connectivity index (χ4v) is 9.00. The zero-order valence-corrected chi connectivity index (χ0v) is 39.2. The molecule has 1 heterocycles. The van der Waals surface area contributed by atoms with Crippen molar-refractivity contribution in [3.05, 3.63) is 70.8 Å². The first-order valence-corrected chi connectivity index (χ1v) is 21.3. The molecule has 2 atom stereocenters. The molecule has 7 radical (unpaired) electrons. The smallest absolute Gasteiger partial charge is 0.217 e. The Kier molecular flexibility index (Phi) is 25.6. The highest BCUT2D eigenvalue weighted by molar-refractivity contribution is 7.60. The van der Waals surface area contributed by atoms with E-state index >= 15 is 0 Å². The third kappa shape index (κ3) is 18.5. The normalized spacial score (nSPS) is 19.7. The Hall–Kier alpha value is -1.97. The molecular formula is C46H77B5N3O3S2. The van der Waals surface area contributed by atoms with Gasteiger partial charge in [-0.05, 0) is 121 Å². The van der Waals surface area contributed by atoms with Gasteiger partial charge in [-0.3, -0.25) is 9.59 Å². The standard InChI is InChI=1S/C22H34N2O.C17H23NO.C6H12O.CH4.B5.2H2S/c1-17(25)23-20-9-10-22(19-8-6-5-7-18(19)20)12-15-24(16-13-22)14-11-21(2,3)4;1-13(19)18-16-9-12-17(10-5-2-6-11-17)15-8-4-3-7-14(15)16;1-6(2,3)4-5-7;;1-4-5(2)3;;/h5-8,20H,9-16H2,1-4H3,(H,23,25);3-4,7-8,16H,2,5-6,9-12H2,1H3,(H,18,19);5H,4H2,1-3H3;1H4;;2*1H2/t20-;16-;;;;;/m00...../s1. The average molecular weight is 838 g/mol. The minimum Gasteiger partial charge on any atom is -0.350 e. The molecule has 1 saturated carbocycles. The zero-order valence-electron chi connectivity index (χ0n) is 37.2. The summed E-state index contributed by atoms with van der Waals surface area (Å²) < 4.78 is 0. The number of rotatable bonds is 6. The molecule has 2 amide bonds. The average Bonchev–Trinajstić information content (AvgIpc) is 3.14. The van der Waals surface area contributed by atoms with E-state index in [0.717, 1.165) is 19.1 Å². The molecule has 1 aliphatic heterocycles. The largest absolute Gasteiger partial charge is 0.350 e. The van der Waals surface area contributed by atoms with Crippen LogP contribution in [0.5, 0.6) is 0 Å². The summed E-state index contributed by atoms with van der Waals surface area (Å²) in [5.74, 6) is 0.159. The lowest BCUT2D eigenvalue weighted by Gasteiger charge is -2.47. The van der Waals surface area contributed by atoms with Crippen LogP contribution in [0, 0.1) is 10.8 Å². The first-order valence-electron chi connectivity index (χ1n) is 21.3. The number of carbonyl (C=O) groups is 3. The number of piperidine rings is 1. The van der Waals surface area contributed by atoms with E-state index in [2.05, 4.69) is 84.8 Å². The van der Waals surface area contributed by atoms with Gasteiger partial charge in [-0.25, -0.2) is 0 Å². The highest BCUT2D eigenvalue weighted by Crippen LogP contribution is 2.50. The van der Waals surface area contributed by atoms with Crippen molar-refractivity contribution in [2.24, 2.45) is 10.8 Å². The third-order valence-corrected chi connectivity index (χ3v) is 12.1. The first-order chi connectivity index (χ1) is 26.3. The van der Waals surface area contributed by atoms with Gasteiger partial charge in [0.25, 0.3) is 0 Å². The molecule has 3 aliphatic carbocycles. The van der Waals surface area contributed by atoms with Crippen LogP contribution in [-0.2, 0) is 25.2 Å². The Balaban J connectivity index is 0.000000875. The molecule has 2 fully saturated rings. The summed E-state index contributed by atoms with van der Waals surface area (Å²) in [7, 11) is 15.8. The molecule has 13 heteroatoms. The van der Waals surface area contributed by atoms with Crippen LogP contribution in [0.1, 0.15) is 181 Å². The maximum atomic E-state index is 11.6. The van der Waals surface area contributed by atoms with Gasteiger partial charge in [0.05, 0.1) is 12.1 Å². The maximum absolute atomic E-state index is 11.6. The number of nitrogens with one attached hydrogen (secondary N) is 2. The predicted octanol–water partition coefficient (Wildman–Crippen LogP) is 8.87. The van der Waals surface area contributed by atoms with Gasteiger partial charge in [-0.1, -0.05) is 117 Å². The van der Waals surface area contributed by atoms with E-state index in [-0.39, 0.29) is 63.7 Å². The lowest BCUT2D eigenvalue weighted by atomic mass is 8.97. The van der Waals surface area contributed by atoms with E-state index < -0.39 is 6.39 Å². The Morgan fingerprint density at radius 2 is 1.15 bits per heavy atom. The van der Waals surface area contributed by atoms with Gasteiger partial charge in [-0.15, -0.1) is 0 Å². The fraction of sp³-hybridized carbons (Fsp3) is 0.674. The molecule has 2 N–H and O–H groups in total. The molecule has 2 spiro atoms. The summed E-state index contributed by atoms with van der Waals surface area (Å²) in [6.45, 7) is 20.0. The molecule has 0 aromatic heterocycles. The summed E-state index contributed by atoms with van der Waals surface area (Å²) >= 11 is 0. The van der Waals surface area contributed by atoms with Gasteiger partial charge in [0.1, 0.15) is 6.29 Å². The Labute approximate surface area is 380 Å². The molecule has 6 rings (SSSR count). The molecule has 59 heavy (non-hydrogen) atoms. The number of benzene rings is 2. The van der Waals surface area contributed by atoms with E-state index in [4.69, 9.17) is 23.2 Å². The molecule has 4 aliphatic rings. The summed E-state index contributed by atoms with van der Waals surface area (Å²) in [4.78, 5) is 35.4. The van der Waals surface area contributed by atoms with Crippen molar-refractivity contribution in [3.63, 3.8) is 0 Å². The van der Waals surface area contributed by atoms with Crippen LogP contribution in [0.3, 0.4) is 0 Å². The van der Waals surface area contributed by atoms with Crippen LogP contribution in [0.4, 0.5) is 0 Å². The number of aldehydes is 1. The van der Waals surface area contributed by atoms with E-state index in [0.29, 0.717) is 22.7 Å². The predicted molar refractivity (Wildman–Crippen MR) is 267 cm³/mol. The number of hydrogen-bond acceptors (Lipinski definition) is 4. The van der Waals surface area contributed by atoms with Crippen LogP contribution in [0.2, 0.25) is 0 Å². The van der Waals surface area contributed by atoms with Gasteiger partial charge in [-0.2, -0.15) is 27.0 Å². The number of amides is 2. The van der Waals surface area contributed by atoms with Crippen LogP contribution in [0.25, 0.3) is 0 Å². The highest BCUT2D eigenvalue weighted by Gasteiger charge is 2.42. The topological polar surface area (TPSA) is 78.5 Å². The van der Waals surface area contributed by atoms with Crippen LogP contribution >= 0.6 is 27.0 Å². The van der Waals surface area contributed by atoms with Gasteiger partial charge in [0.2, 0.25) is 11.8 Å². The fourth-order valence-electron chi connectivity index (χ4n) is 9.00. The number of nitrogens with zero attached hydrogens (tertiary/aromatic N) is 1. The number of hydrogen-bond donors (Lipinski definition) is 2. The minimum absolute atomic E-state index is 0. The second-order valence-electron chi connectivity index (χ2n) is 19.2. The molecule has 321 valence electrons. The van der Waals surface area contributed by atoms with Crippen LogP contribution < -0.4 is 10.6 Å². The Morgan fingerprint density at radius 1 is 0.746 bits per heavy atom. The van der Waals surface area contributed by atoms with E-state index in [1.165, 1.54) is 113 Å². The van der Waals surface area contributed by atoms with Crippen molar-refractivity contribution in [2.75, 3.05) is 19.6 Å². The number of carbonyl (C=O) groups excluding carboxylic acids is 3. The first kappa shape index (κ1) is 57.0. The van der Waals surface area contributed by atoms with E-state index in [1.54, 1.807) is 13.8 Å². The Bertz CT molecular complexity index is 1540. The lowest BCUT2D eigenvalue weighted by Crippen LogP contribution is -2.46. The SMILES string of the molecule is C.CC(=O)N[C@H]1CCC2(CCCCC2)c2ccccc21.CC(=O)N[C@H]1CCC2(CCN(CCC(C)(C)C)CC2)c2ccccc21.CC(C)(C)CC=O.S.S.[B][B]B([B])[B]. The molecule has 2 aromatic rings. The quantitative estimate of drug-likeness (QED) is 0.225. The zero-order chi connectivity index (χ0) is 41.6. The van der Waals surface area contributed by atoms with E-state index in [9.17, 15) is 14.4 Å². The molecule has 0 bridgehead atoms. The lowest BCUT2D eigenvalue weighted by molar-refractivity contribution is -0.120. The van der Waals surface area contributed by atoms with Crippen molar-refractivity contribution < 1.29 is 14.4 Å². The number of likely N-dealkylation sites (tertiary alicyclic amines) is 1. The van der Waals surface area contributed by atoms with Crippen LogP contribution in [-0.4, -0.2) is 79.3 Å². The number of fused-ring (bicyclic) bond motifs is 4. The summed E-state index contributed by atoms with van der Waals surface area (Å²) in [6, 6.07) is 18.0. The van der Waals surface area contributed by atoms with Gasteiger partial charge in [0.15, 0.2) is 0 Å². The van der Waals surface area contributed by atoms with Gasteiger partial charge < -0.3 is 20.3 Å². The Morgan fingerprint density at radius 3 is 1.49 bits per heavy atom. The van der Waals surface area contributed by atoms with Crippen molar-refractivity contribution >= 4 is 81.7 Å². The van der Waals surface area contributed by atoms with Crippen molar-refractivity contribution in [1.82, 2.24) is 15.5 Å². The second kappa shape index (κ2) is 26.5. The molecule has 2 aromatic carbocycles. The van der Waals surface area contributed by atoms with Crippen molar-refractivity contribution in [3.8, 4) is 0 Å². The monoisotopic (exact) mass is 839 g/mol. The van der Waals surface area contributed by atoms with Crippen molar-refractivity contribution in [2.45, 2.75) is 169 Å². The van der Waals surface area contributed by atoms with Gasteiger partial charge in [0, 0.05) is 56.9 Å². The summed E-state index contributed by atoms with van der Waals surface area (Å²) in [5, 5.41) is 6.28. The van der Waals surface area contributed by atoms with Crippen molar-refractivity contribution in [1.29, 1.82) is 0 Å².